The summed E-state index contributed by atoms with van der Waals surface area (Å²) in [6, 6.07) is 0. The second kappa shape index (κ2) is 5.77. The Morgan fingerprint density at radius 1 is 1.41 bits per heavy atom. The largest absolute Gasteiger partial charge is 0.480 e. The van der Waals surface area contributed by atoms with Crippen LogP contribution >= 0.6 is 0 Å². The molecule has 0 saturated carbocycles. The van der Waals surface area contributed by atoms with Crippen LogP contribution in [0.4, 0.5) is 0 Å². The molecule has 1 aliphatic heterocycles. The molecule has 1 aliphatic rings. The minimum Gasteiger partial charge on any atom is -0.480 e. The van der Waals surface area contributed by atoms with Crippen LogP contribution < -0.4 is 5.32 Å². The molecular weight excluding hydrogens is 224 g/mol. The van der Waals surface area contributed by atoms with Crippen molar-refractivity contribution >= 4 is 5.97 Å². The Balaban J connectivity index is 2.62. The van der Waals surface area contributed by atoms with Crippen LogP contribution in [-0.4, -0.2) is 74.6 Å². The van der Waals surface area contributed by atoms with Crippen molar-refractivity contribution in [3.63, 3.8) is 0 Å². The summed E-state index contributed by atoms with van der Waals surface area (Å²) in [6.45, 7) is 3.49. The van der Waals surface area contributed by atoms with Gasteiger partial charge in [0.25, 0.3) is 0 Å². The normalized spacial score (nSPS) is 29.2. The van der Waals surface area contributed by atoms with Crippen molar-refractivity contribution in [3.8, 4) is 0 Å². The lowest BCUT2D eigenvalue weighted by Gasteiger charge is -2.29. The average molecular weight is 246 g/mol. The second-order valence-electron chi connectivity index (χ2n) is 4.63. The summed E-state index contributed by atoms with van der Waals surface area (Å²) in [6.07, 6.45) is 0.0183. The minimum absolute atomic E-state index is 0.00917. The number of aliphatic carboxylic acids is 1. The van der Waals surface area contributed by atoms with E-state index in [9.17, 15) is 9.90 Å². The summed E-state index contributed by atoms with van der Waals surface area (Å²) in [7, 11) is 4.95. The van der Waals surface area contributed by atoms with Crippen LogP contribution in [0.2, 0.25) is 0 Å². The van der Waals surface area contributed by atoms with Crippen molar-refractivity contribution in [1.29, 1.82) is 0 Å². The highest BCUT2D eigenvalue weighted by Crippen LogP contribution is 2.18. The van der Waals surface area contributed by atoms with Gasteiger partial charge in [0.15, 0.2) is 0 Å². The lowest BCUT2D eigenvalue weighted by atomic mass is 10.0. The van der Waals surface area contributed by atoms with Gasteiger partial charge in [-0.05, 0) is 14.0 Å². The Kier molecular flexibility index (Phi) is 4.88. The highest BCUT2D eigenvalue weighted by atomic mass is 16.5. The summed E-state index contributed by atoms with van der Waals surface area (Å²) in [4.78, 5) is 13.2. The molecule has 1 fully saturated rings. The fraction of sp³-hybridized carbons (Fsp3) is 0.909. The first-order chi connectivity index (χ1) is 7.96. The number of likely N-dealkylation sites (tertiary alicyclic amines) is 1. The first-order valence-corrected chi connectivity index (χ1v) is 5.67. The van der Waals surface area contributed by atoms with Crippen molar-refractivity contribution in [2.24, 2.45) is 0 Å². The number of nitrogens with one attached hydrogen (secondary N) is 1. The van der Waals surface area contributed by atoms with Crippen LogP contribution in [0.25, 0.3) is 0 Å². The maximum atomic E-state index is 11.2. The summed E-state index contributed by atoms with van der Waals surface area (Å²) in [5.74, 6) is -0.852. The molecule has 17 heavy (non-hydrogen) atoms. The maximum Gasteiger partial charge on any atom is 0.324 e. The van der Waals surface area contributed by atoms with Gasteiger partial charge in [-0.15, -0.1) is 0 Å². The van der Waals surface area contributed by atoms with Crippen LogP contribution in [-0.2, 0) is 14.3 Å². The lowest BCUT2D eigenvalue weighted by Crippen LogP contribution is -2.55. The van der Waals surface area contributed by atoms with Crippen molar-refractivity contribution in [1.82, 2.24) is 10.2 Å². The Morgan fingerprint density at radius 2 is 1.88 bits per heavy atom. The van der Waals surface area contributed by atoms with Gasteiger partial charge in [-0.25, -0.2) is 0 Å². The molecule has 0 amide bonds. The zero-order chi connectivity index (χ0) is 13.1. The Hall–Kier alpha value is -0.690. The van der Waals surface area contributed by atoms with E-state index >= 15 is 0 Å². The molecule has 0 radical (unpaired) electrons. The average Bonchev–Trinajstić information content (AvgIpc) is 2.70. The molecule has 2 N–H and O–H groups in total. The van der Waals surface area contributed by atoms with E-state index in [1.165, 1.54) is 0 Å². The van der Waals surface area contributed by atoms with Gasteiger partial charge in [0.1, 0.15) is 5.54 Å². The zero-order valence-corrected chi connectivity index (χ0v) is 10.9. The minimum atomic E-state index is -0.944. The molecule has 100 valence electrons. The lowest BCUT2D eigenvalue weighted by molar-refractivity contribution is -0.144. The summed E-state index contributed by atoms with van der Waals surface area (Å²) >= 11 is 0. The van der Waals surface area contributed by atoms with Gasteiger partial charge in [-0.3, -0.25) is 9.69 Å². The molecule has 3 unspecified atom stereocenters. The number of ether oxygens (including phenoxy) is 2. The predicted molar refractivity (Wildman–Crippen MR) is 63.1 cm³/mol. The molecular formula is C11H22N2O4. The number of carboxylic acid groups (broad SMARTS) is 1. The van der Waals surface area contributed by atoms with E-state index in [1.807, 2.05) is 4.90 Å². The van der Waals surface area contributed by atoms with Crippen molar-refractivity contribution in [3.05, 3.63) is 0 Å². The summed E-state index contributed by atoms with van der Waals surface area (Å²) in [5.41, 5.74) is -0.944. The number of hydrogen-bond acceptors (Lipinski definition) is 5. The van der Waals surface area contributed by atoms with E-state index in [2.05, 4.69) is 5.32 Å². The predicted octanol–water partition coefficient (Wildman–Crippen LogP) is -0.605. The standard InChI is InChI=1S/C11H22N2O4/c1-11(12-2,10(14)15)7-13-5-8(16-3)9(6-13)17-4/h8-9,12H,5-7H2,1-4H3,(H,14,15). The number of nitrogens with zero attached hydrogens (tertiary/aromatic N) is 1. The van der Waals surface area contributed by atoms with Gasteiger partial charge in [-0.2, -0.15) is 0 Å². The Morgan fingerprint density at radius 3 is 2.18 bits per heavy atom. The molecule has 6 heteroatoms. The first kappa shape index (κ1) is 14.4. The fourth-order valence-corrected chi connectivity index (χ4v) is 2.10. The van der Waals surface area contributed by atoms with Gasteiger partial charge in [0.2, 0.25) is 0 Å². The summed E-state index contributed by atoms with van der Waals surface area (Å²) < 4.78 is 10.6. The number of likely N-dealkylation sites (N-methyl/N-ethyl adjacent to an activating group) is 1. The molecule has 3 atom stereocenters. The SMILES string of the molecule is CNC(C)(CN1CC(OC)C(OC)C1)C(=O)O. The van der Waals surface area contributed by atoms with Crippen LogP contribution in [0.5, 0.6) is 0 Å². The highest BCUT2D eigenvalue weighted by molar-refractivity contribution is 5.78. The molecule has 1 rings (SSSR count). The van der Waals surface area contributed by atoms with Crippen LogP contribution in [0.3, 0.4) is 0 Å². The van der Waals surface area contributed by atoms with Gasteiger partial charge in [0, 0.05) is 33.9 Å². The molecule has 0 bridgehead atoms. The number of rotatable bonds is 6. The zero-order valence-electron chi connectivity index (χ0n) is 10.9. The molecule has 0 aromatic rings. The molecule has 0 aromatic carbocycles. The molecule has 0 spiro atoms. The summed E-state index contributed by atoms with van der Waals surface area (Å²) in [5, 5.41) is 12.0. The highest BCUT2D eigenvalue weighted by Gasteiger charge is 2.39. The van der Waals surface area contributed by atoms with E-state index in [-0.39, 0.29) is 12.2 Å². The van der Waals surface area contributed by atoms with Crippen LogP contribution in [0.15, 0.2) is 0 Å². The molecule has 1 saturated heterocycles. The number of carboxylic acids is 1. The third-order valence-corrected chi connectivity index (χ3v) is 3.46. The van der Waals surface area contributed by atoms with E-state index in [0.29, 0.717) is 19.6 Å². The van der Waals surface area contributed by atoms with Gasteiger partial charge in [0.05, 0.1) is 12.2 Å². The van der Waals surface area contributed by atoms with Gasteiger partial charge >= 0.3 is 5.97 Å². The third kappa shape index (κ3) is 3.16. The molecule has 6 nitrogen and oxygen atoms in total. The molecule has 1 heterocycles. The third-order valence-electron chi connectivity index (χ3n) is 3.46. The fourth-order valence-electron chi connectivity index (χ4n) is 2.10. The Labute approximate surface area is 102 Å². The molecule has 0 aromatic heterocycles. The molecule has 0 aliphatic carbocycles. The quantitative estimate of drug-likeness (QED) is 0.652. The van der Waals surface area contributed by atoms with Gasteiger partial charge < -0.3 is 19.9 Å². The van der Waals surface area contributed by atoms with E-state index in [1.54, 1.807) is 28.2 Å². The smallest absolute Gasteiger partial charge is 0.324 e. The number of methoxy groups -OCH3 is 2. The van der Waals surface area contributed by atoms with E-state index in [4.69, 9.17) is 9.47 Å². The van der Waals surface area contributed by atoms with E-state index < -0.39 is 11.5 Å². The topological polar surface area (TPSA) is 71.0 Å². The van der Waals surface area contributed by atoms with Crippen LogP contribution in [0.1, 0.15) is 6.92 Å². The van der Waals surface area contributed by atoms with Crippen LogP contribution in [0, 0.1) is 0 Å². The van der Waals surface area contributed by atoms with Gasteiger partial charge in [-0.1, -0.05) is 0 Å². The maximum absolute atomic E-state index is 11.2. The van der Waals surface area contributed by atoms with Crippen molar-refractivity contribution < 1.29 is 19.4 Å². The first-order valence-electron chi connectivity index (χ1n) is 5.67. The van der Waals surface area contributed by atoms with E-state index in [0.717, 1.165) is 0 Å². The number of carbonyl (C=O) groups is 1. The van der Waals surface area contributed by atoms with Crippen molar-refractivity contribution in [2.45, 2.75) is 24.7 Å². The Bertz CT molecular complexity index is 262. The number of hydrogen-bond donors (Lipinski definition) is 2. The monoisotopic (exact) mass is 246 g/mol. The van der Waals surface area contributed by atoms with Crippen molar-refractivity contribution in [2.75, 3.05) is 40.9 Å². The second-order valence-corrected chi connectivity index (χ2v) is 4.63.